The Labute approximate surface area is 123 Å². The predicted molar refractivity (Wildman–Crippen MR) is 84.1 cm³/mol. The van der Waals surface area contributed by atoms with Crippen molar-refractivity contribution in [3.05, 3.63) is 57.6 Å². The van der Waals surface area contributed by atoms with E-state index in [1.54, 1.807) is 6.07 Å². The highest BCUT2D eigenvalue weighted by Crippen LogP contribution is 2.30. The lowest BCUT2D eigenvalue weighted by Crippen LogP contribution is -2.09. The van der Waals surface area contributed by atoms with Gasteiger partial charge in [0.2, 0.25) is 0 Å². The molecular weight excluding hydrogens is 279 g/mol. The van der Waals surface area contributed by atoms with Crippen molar-refractivity contribution in [2.75, 3.05) is 11.1 Å². The number of benzene rings is 2. The first-order valence-corrected chi connectivity index (χ1v) is 6.81. The highest BCUT2D eigenvalue weighted by molar-refractivity contribution is 6.35. The van der Waals surface area contributed by atoms with Gasteiger partial charge < -0.3 is 11.1 Å². The summed E-state index contributed by atoms with van der Waals surface area (Å²) in [5.41, 5.74) is 9.74. The van der Waals surface area contributed by atoms with E-state index >= 15 is 0 Å². The van der Waals surface area contributed by atoms with E-state index in [2.05, 4.69) is 12.2 Å². The number of hydrogen-bond acceptors (Lipinski definition) is 2. The smallest absolute Gasteiger partial charge is 0.0500 e. The Hall–Kier alpha value is -1.38. The van der Waals surface area contributed by atoms with Crippen LogP contribution in [0.25, 0.3) is 0 Å². The molecule has 0 aliphatic heterocycles. The summed E-state index contributed by atoms with van der Waals surface area (Å²) in [5.74, 6) is 0. The van der Waals surface area contributed by atoms with Crippen LogP contribution in [-0.2, 0) is 0 Å². The fourth-order valence-corrected chi connectivity index (χ4v) is 2.55. The molecule has 2 aromatic carbocycles. The second kappa shape index (κ2) is 5.72. The molecule has 0 aliphatic rings. The lowest BCUT2D eigenvalue weighted by Gasteiger charge is -2.19. The SMILES string of the molecule is Cc1c(N)cccc1NC(C)c1ccc(Cl)cc1Cl. The van der Waals surface area contributed by atoms with Crippen molar-refractivity contribution < 1.29 is 0 Å². The molecule has 100 valence electrons. The first kappa shape index (κ1) is 14.0. The van der Waals surface area contributed by atoms with Gasteiger partial charge in [-0.15, -0.1) is 0 Å². The Morgan fingerprint density at radius 1 is 1.16 bits per heavy atom. The second-order valence-corrected chi connectivity index (χ2v) is 5.40. The van der Waals surface area contributed by atoms with E-state index in [9.17, 15) is 0 Å². The van der Waals surface area contributed by atoms with Gasteiger partial charge >= 0.3 is 0 Å². The van der Waals surface area contributed by atoms with Crippen LogP contribution in [-0.4, -0.2) is 0 Å². The molecule has 2 nitrogen and oxygen atoms in total. The van der Waals surface area contributed by atoms with Crippen molar-refractivity contribution in [3.8, 4) is 0 Å². The lowest BCUT2D eigenvalue weighted by atomic mass is 10.1. The summed E-state index contributed by atoms with van der Waals surface area (Å²) in [6.07, 6.45) is 0. The van der Waals surface area contributed by atoms with Crippen LogP contribution in [0.4, 0.5) is 11.4 Å². The van der Waals surface area contributed by atoms with E-state index in [1.165, 1.54) is 0 Å². The zero-order valence-corrected chi connectivity index (χ0v) is 12.4. The van der Waals surface area contributed by atoms with Crippen molar-refractivity contribution in [3.63, 3.8) is 0 Å². The highest BCUT2D eigenvalue weighted by atomic mass is 35.5. The van der Waals surface area contributed by atoms with Crippen molar-refractivity contribution in [2.24, 2.45) is 0 Å². The standard InChI is InChI=1S/C15H16Cl2N2/c1-9-14(18)4-3-5-15(9)19-10(2)12-7-6-11(16)8-13(12)17/h3-8,10,19H,18H2,1-2H3. The van der Waals surface area contributed by atoms with Gasteiger partial charge in [0.15, 0.2) is 0 Å². The van der Waals surface area contributed by atoms with Crippen LogP contribution in [0.5, 0.6) is 0 Å². The number of nitrogens with two attached hydrogens (primary N) is 1. The summed E-state index contributed by atoms with van der Waals surface area (Å²) in [6.45, 7) is 4.05. The quantitative estimate of drug-likeness (QED) is 0.777. The Morgan fingerprint density at radius 2 is 1.89 bits per heavy atom. The number of anilines is 2. The fourth-order valence-electron chi connectivity index (χ4n) is 1.97. The zero-order chi connectivity index (χ0) is 14.0. The van der Waals surface area contributed by atoms with Gasteiger partial charge in [-0.25, -0.2) is 0 Å². The van der Waals surface area contributed by atoms with Crippen LogP contribution in [0.3, 0.4) is 0 Å². The molecule has 2 aromatic rings. The predicted octanol–water partition coefficient (Wildman–Crippen LogP) is 5.06. The minimum Gasteiger partial charge on any atom is -0.398 e. The lowest BCUT2D eigenvalue weighted by molar-refractivity contribution is 0.883. The molecule has 0 spiro atoms. The van der Waals surface area contributed by atoms with Gasteiger partial charge in [0.1, 0.15) is 0 Å². The van der Waals surface area contributed by atoms with E-state index in [4.69, 9.17) is 28.9 Å². The van der Waals surface area contributed by atoms with Gasteiger partial charge in [-0.05, 0) is 49.2 Å². The van der Waals surface area contributed by atoms with Gasteiger partial charge in [0.25, 0.3) is 0 Å². The summed E-state index contributed by atoms with van der Waals surface area (Å²) >= 11 is 12.1. The van der Waals surface area contributed by atoms with Crippen LogP contribution < -0.4 is 11.1 Å². The number of halogens is 2. The Balaban J connectivity index is 2.25. The van der Waals surface area contributed by atoms with E-state index in [0.29, 0.717) is 10.0 Å². The molecule has 3 N–H and O–H groups in total. The monoisotopic (exact) mass is 294 g/mol. The highest BCUT2D eigenvalue weighted by Gasteiger charge is 2.11. The van der Waals surface area contributed by atoms with Crippen molar-refractivity contribution in [1.82, 2.24) is 0 Å². The average Bonchev–Trinajstić information content (AvgIpc) is 2.34. The third kappa shape index (κ3) is 3.14. The number of rotatable bonds is 3. The fraction of sp³-hybridized carbons (Fsp3) is 0.200. The van der Waals surface area contributed by atoms with Crippen LogP contribution in [0.15, 0.2) is 36.4 Å². The van der Waals surface area contributed by atoms with E-state index in [-0.39, 0.29) is 6.04 Å². The van der Waals surface area contributed by atoms with Gasteiger partial charge in [0.05, 0.1) is 6.04 Å². The summed E-state index contributed by atoms with van der Waals surface area (Å²) in [5, 5.41) is 4.72. The minimum atomic E-state index is 0.0743. The van der Waals surface area contributed by atoms with Gasteiger partial charge in [0, 0.05) is 21.4 Å². The Morgan fingerprint density at radius 3 is 2.58 bits per heavy atom. The molecule has 0 saturated heterocycles. The van der Waals surface area contributed by atoms with Crippen molar-refractivity contribution >= 4 is 34.6 Å². The topological polar surface area (TPSA) is 38.0 Å². The molecule has 2 rings (SSSR count). The van der Waals surface area contributed by atoms with Gasteiger partial charge in [-0.3, -0.25) is 0 Å². The van der Waals surface area contributed by atoms with Crippen LogP contribution in [0, 0.1) is 6.92 Å². The molecule has 0 fully saturated rings. The molecule has 0 saturated carbocycles. The molecule has 19 heavy (non-hydrogen) atoms. The third-order valence-corrected chi connectivity index (χ3v) is 3.74. The summed E-state index contributed by atoms with van der Waals surface area (Å²) in [7, 11) is 0. The summed E-state index contributed by atoms with van der Waals surface area (Å²) in [4.78, 5) is 0. The van der Waals surface area contributed by atoms with Crippen LogP contribution in [0.1, 0.15) is 24.1 Å². The maximum Gasteiger partial charge on any atom is 0.0500 e. The number of nitrogens with one attached hydrogen (secondary N) is 1. The maximum absolute atomic E-state index is 6.21. The number of nitrogen functional groups attached to an aromatic ring is 1. The molecular formula is C15H16Cl2N2. The zero-order valence-electron chi connectivity index (χ0n) is 10.9. The van der Waals surface area contributed by atoms with E-state index < -0.39 is 0 Å². The van der Waals surface area contributed by atoms with Crippen molar-refractivity contribution in [2.45, 2.75) is 19.9 Å². The number of hydrogen-bond donors (Lipinski definition) is 2. The molecule has 0 bridgehead atoms. The molecule has 0 heterocycles. The van der Waals surface area contributed by atoms with Crippen LogP contribution >= 0.6 is 23.2 Å². The summed E-state index contributed by atoms with van der Waals surface area (Å²) in [6, 6.07) is 11.4. The molecule has 0 aromatic heterocycles. The third-order valence-electron chi connectivity index (χ3n) is 3.18. The van der Waals surface area contributed by atoms with E-state index in [1.807, 2.05) is 37.3 Å². The Kier molecular flexibility index (Phi) is 4.23. The maximum atomic E-state index is 6.21. The van der Waals surface area contributed by atoms with Gasteiger partial charge in [-0.1, -0.05) is 35.3 Å². The first-order chi connectivity index (χ1) is 8.99. The molecule has 1 atom stereocenters. The molecule has 4 heteroatoms. The first-order valence-electron chi connectivity index (χ1n) is 6.05. The van der Waals surface area contributed by atoms with Crippen LogP contribution in [0.2, 0.25) is 10.0 Å². The molecule has 0 aliphatic carbocycles. The molecule has 1 unspecified atom stereocenters. The van der Waals surface area contributed by atoms with Gasteiger partial charge in [-0.2, -0.15) is 0 Å². The Bertz CT molecular complexity index is 597. The average molecular weight is 295 g/mol. The van der Waals surface area contributed by atoms with E-state index in [0.717, 1.165) is 22.5 Å². The van der Waals surface area contributed by atoms with Crippen molar-refractivity contribution in [1.29, 1.82) is 0 Å². The molecule has 0 radical (unpaired) electrons. The normalized spacial score (nSPS) is 12.2. The molecule has 0 amide bonds. The minimum absolute atomic E-state index is 0.0743. The largest absolute Gasteiger partial charge is 0.398 e. The second-order valence-electron chi connectivity index (χ2n) is 4.55. The summed E-state index contributed by atoms with van der Waals surface area (Å²) < 4.78 is 0.